The first-order valence-electron chi connectivity index (χ1n) is 9.08. The van der Waals surface area contributed by atoms with E-state index in [0.717, 1.165) is 9.27 Å². The van der Waals surface area contributed by atoms with Gasteiger partial charge in [-0.15, -0.1) is 11.3 Å². The van der Waals surface area contributed by atoms with Crippen molar-refractivity contribution in [2.75, 3.05) is 6.61 Å². The molecule has 0 amide bonds. The number of nitriles is 1. The summed E-state index contributed by atoms with van der Waals surface area (Å²) in [7, 11) is 0. The molecule has 4 aromatic rings. The molecule has 6 nitrogen and oxygen atoms in total. The number of benzene rings is 1. The quantitative estimate of drug-likeness (QED) is 0.503. The van der Waals surface area contributed by atoms with Gasteiger partial charge in [0.1, 0.15) is 28.8 Å². The molecular weight excluding hydrogens is 415 g/mol. The lowest BCUT2D eigenvalue weighted by molar-refractivity contribution is -0.140. The third-order valence-electron chi connectivity index (χ3n) is 4.78. The highest BCUT2D eigenvalue weighted by molar-refractivity contribution is 7.24. The minimum absolute atomic E-state index is 0.0218. The Morgan fingerprint density at radius 1 is 1.27 bits per heavy atom. The van der Waals surface area contributed by atoms with Gasteiger partial charge in [0, 0.05) is 19.0 Å². The predicted octanol–water partition coefficient (Wildman–Crippen LogP) is 3.86. The summed E-state index contributed by atoms with van der Waals surface area (Å²) in [5.41, 5.74) is 1.55. The highest BCUT2D eigenvalue weighted by Gasteiger charge is 2.30. The van der Waals surface area contributed by atoms with Crippen LogP contribution in [0.25, 0.3) is 26.4 Å². The molecule has 0 aliphatic carbocycles. The summed E-state index contributed by atoms with van der Waals surface area (Å²) in [6, 6.07) is 9.49. The number of halogens is 3. The summed E-state index contributed by atoms with van der Waals surface area (Å²) < 4.78 is 42.7. The SMILES string of the molecule is N#Cc1c(CCCO)c(-c2nccn2CC(F)(F)F)c(=N)n2c1sc1ccccc12. The van der Waals surface area contributed by atoms with E-state index >= 15 is 0 Å². The lowest BCUT2D eigenvalue weighted by Gasteiger charge is -2.16. The minimum Gasteiger partial charge on any atom is -0.396 e. The molecule has 0 unspecified atom stereocenters. The number of rotatable bonds is 5. The van der Waals surface area contributed by atoms with Gasteiger partial charge in [0.2, 0.25) is 0 Å². The Kier molecular flexibility index (Phi) is 5.09. The van der Waals surface area contributed by atoms with Crippen molar-refractivity contribution in [3.8, 4) is 17.5 Å². The fourth-order valence-electron chi connectivity index (χ4n) is 3.60. The Balaban J connectivity index is 2.12. The van der Waals surface area contributed by atoms with Crippen molar-refractivity contribution >= 4 is 26.4 Å². The van der Waals surface area contributed by atoms with Gasteiger partial charge >= 0.3 is 6.18 Å². The van der Waals surface area contributed by atoms with Crippen LogP contribution in [0.15, 0.2) is 36.7 Å². The largest absolute Gasteiger partial charge is 0.406 e. The molecule has 2 N–H and O–H groups in total. The van der Waals surface area contributed by atoms with Crippen LogP contribution in [0.1, 0.15) is 17.5 Å². The number of aliphatic hydroxyl groups is 1. The summed E-state index contributed by atoms with van der Waals surface area (Å²) in [5, 5.41) is 28.1. The Morgan fingerprint density at radius 2 is 2.03 bits per heavy atom. The van der Waals surface area contributed by atoms with E-state index in [2.05, 4.69) is 11.1 Å². The van der Waals surface area contributed by atoms with Gasteiger partial charge in [-0.1, -0.05) is 12.1 Å². The van der Waals surface area contributed by atoms with Crippen LogP contribution >= 0.6 is 11.3 Å². The maximum Gasteiger partial charge on any atom is 0.406 e. The first-order chi connectivity index (χ1) is 14.4. The molecule has 0 saturated heterocycles. The van der Waals surface area contributed by atoms with E-state index in [0.29, 0.717) is 22.3 Å². The fraction of sp³-hybridized carbons (Fsp3) is 0.250. The molecule has 0 saturated carbocycles. The van der Waals surface area contributed by atoms with Crippen LogP contribution in [0.4, 0.5) is 13.2 Å². The number of hydrogen-bond acceptors (Lipinski definition) is 5. The summed E-state index contributed by atoms with van der Waals surface area (Å²) in [6.45, 7) is -1.40. The van der Waals surface area contributed by atoms with Crippen LogP contribution in [0.2, 0.25) is 0 Å². The molecule has 0 aliphatic rings. The molecule has 0 spiro atoms. The fourth-order valence-corrected chi connectivity index (χ4v) is 4.77. The summed E-state index contributed by atoms with van der Waals surface area (Å²) >= 11 is 1.35. The molecule has 0 aliphatic heterocycles. The van der Waals surface area contributed by atoms with Crippen molar-refractivity contribution in [2.24, 2.45) is 0 Å². The number of imidazole rings is 1. The van der Waals surface area contributed by atoms with Gasteiger partial charge < -0.3 is 9.67 Å². The number of fused-ring (bicyclic) bond motifs is 3. The first kappa shape index (κ1) is 20.1. The molecule has 0 fully saturated rings. The zero-order valence-electron chi connectivity index (χ0n) is 15.6. The van der Waals surface area contributed by atoms with Crippen molar-refractivity contribution in [1.82, 2.24) is 14.0 Å². The van der Waals surface area contributed by atoms with Gasteiger partial charge in [-0.2, -0.15) is 18.4 Å². The van der Waals surface area contributed by atoms with Crippen LogP contribution in [-0.4, -0.2) is 31.8 Å². The van der Waals surface area contributed by atoms with Crippen LogP contribution < -0.4 is 5.49 Å². The summed E-state index contributed by atoms with van der Waals surface area (Å²) in [5.74, 6) is -0.0218. The number of alkyl halides is 3. The van der Waals surface area contributed by atoms with Gasteiger partial charge in [0.25, 0.3) is 0 Å². The van der Waals surface area contributed by atoms with Gasteiger partial charge in [-0.25, -0.2) is 4.98 Å². The van der Waals surface area contributed by atoms with Crippen molar-refractivity contribution in [3.63, 3.8) is 0 Å². The number of para-hydroxylation sites is 1. The van der Waals surface area contributed by atoms with E-state index in [9.17, 15) is 23.5 Å². The Morgan fingerprint density at radius 3 is 2.73 bits per heavy atom. The summed E-state index contributed by atoms with van der Waals surface area (Å²) in [6.07, 6.45) is -1.45. The molecule has 0 bridgehead atoms. The number of thiazole rings is 1. The predicted molar refractivity (Wildman–Crippen MR) is 106 cm³/mol. The van der Waals surface area contributed by atoms with Gasteiger partial charge in [-0.3, -0.25) is 9.81 Å². The average molecular weight is 431 g/mol. The van der Waals surface area contributed by atoms with Crippen molar-refractivity contribution in [2.45, 2.75) is 25.6 Å². The zero-order chi connectivity index (χ0) is 21.5. The average Bonchev–Trinajstić information content (AvgIpc) is 3.29. The van der Waals surface area contributed by atoms with Crippen LogP contribution in [0.5, 0.6) is 0 Å². The van der Waals surface area contributed by atoms with Crippen LogP contribution in [0, 0.1) is 16.7 Å². The maximum atomic E-state index is 13.1. The number of hydrogen-bond donors (Lipinski definition) is 2. The molecular formula is C20H16F3N5OS. The van der Waals surface area contributed by atoms with Gasteiger partial charge in [0.15, 0.2) is 0 Å². The monoisotopic (exact) mass is 431 g/mol. The highest BCUT2D eigenvalue weighted by Crippen LogP contribution is 2.33. The third kappa shape index (κ3) is 3.36. The molecule has 0 radical (unpaired) electrons. The molecule has 30 heavy (non-hydrogen) atoms. The second-order valence-corrected chi connectivity index (χ2v) is 7.75. The van der Waals surface area contributed by atoms with Crippen molar-refractivity contribution in [3.05, 3.63) is 53.3 Å². The zero-order valence-corrected chi connectivity index (χ0v) is 16.4. The van der Waals surface area contributed by atoms with E-state index < -0.39 is 12.7 Å². The van der Waals surface area contributed by atoms with Crippen LogP contribution in [-0.2, 0) is 13.0 Å². The second kappa shape index (κ2) is 7.59. The second-order valence-electron chi connectivity index (χ2n) is 6.72. The van der Waals surface area contributed by atoms with E-state index in [4.69, 9.17) is 5.41 Å². The number of aliphatic hydroxyl groups excluding tert-OH is 1. The summed E-state index contributed by atoms with van der Waals surface area (Å²) in [4.78, 5) is 4.66. The third-order valence-corrected chi connectivity index (χ3v) is 5.92. The lowest BCUT2D eigenvalue weighted by Crippen LogP contribution is -2.23. The first-order valence-corrected chi connectivity index (χ1v) is 9.90. The number of aromatic nitrogens is 3. The minimum atomic E-state index is -4.46. The number of nitrogens with zero attached hydrogens (tertiary/aromatic N) is 4. The van der Waals surface area contributed by atoms with Crippen molar-refractivity contribution < 1.29 is 18.3 Å². The number of pyridine rings is 1. The van der Waals surface area contributed by atoms with E-state index in [1.165, 1.54) is 23.7 Å². The Hall–Kier alpha value is -3.16. The smallest absolute Gasteiger partial charge is 0.396 e. The standard InChI is InChI=1S/C20H16F3N5OS/c21-20(22,23)11-27-8-7-26-18(27)16-12(4-3-9-29)13(10-24)19-28(17(16)25)14-5-1-2-6-15(14)30-19/h1-2,5-8,25,29H,3-4,9,11H2. The Bertz CT molecular complexity index is 1340. The molecule has 0 atom stereocenters. The van der Waals surface area contributed by atoms with E-state index in [1.54, 1.807) is 16.5 Å². The topological polar surface area (TPSA) is 90.1 Å². The normalized spacial score (nSPS) is 12.0. The van der Waals surface area contributed by atoms with Gasteiger partial charge in [-0.05, 0) is 30.5 Å². The lowest BCUT2D eigenvalue weighted by atomic mass is 9.99. The van der Waals surface area contributed by atoms with E-state index in [-0.39, 0.29) is 35.5 Å². The molecule has 1 aromatic carbocycles. The van der Waals surface area contributed by atoms with E-state index in [1.807, 2.05) is 12.1 Å². The van der Waals surface area contributed by atoms with Crippen molar-refractivity contribution in [1.29, 1.82) is 10.7 Å². The Labute approximate surface area is 172 Å². The molecule has 4 rings (SSSR count). The van der Waals surface area contributed by atoms with Crippen LogP contribution in [0.3, 0.4) is 0 Å². The molecule has 3 heterocycles. The molecule has 10 heteroatoms. The maximum absolute atomic E-state index is 13.1. The molecule has 154 valence electrons. The van der Waals surface area contributed by atoms with Gasteiger partial charge in [0.05, 0.1) is 21.3 Å². The molecule has 3 aromatic heterocycles. The number of nitrogens with one attached hydrogen (secondary N) is 1. The highest BCUT2D eigenvalue weighted by atomic mass is 32.1.